The quantitative estimate of drug-likeness (QED) is 0.528. The van der Waals surface area contributed by atoms with Crippen molar-refractivity contribution < 1.29 is 33.4 Å². The molecule has 0 aliphatic rings. The monoisotopic (exact) mass is 409 g/mol. The molecular formula is C17H13ClFN3O6. The Hall–Kier alpha value is -3.66. The maximum atomic E-state index is 13.8. The smallest absolute Gasteiger partial charge is 0.424 e. The standard InChI is InChI=1S/C17H13ClFN3O6/c1-28-15(24)9-5-7-10(8-6-9)22(21-17(26)27)16(25)20-14(23)13-11(18)3-2-4-12(13)19/h2-8,21H,1H3,(H,26,27)(H,20,23,25). The van der Waals surface area contributed by atoms with E-state index in [9.17, 15) is 23.6 Å². The molecule has 2 aromatic rings. The van der Waals surface area contributed by atoms with E-state index in [0.717, 1.165) is 6.07 Å². The molecule has 0 bridgehead atoms. The highest BCUT2D eigenvalue weighted by atomic mass is 35.5. The Morgan fingerprint density at radius 3 is 2.29 bits per heavy atom. The number of ether oxygens (including phenoxy) is 1. The molecule has 0 unspecified atom stereocenters. The zero-order valence-corrected chi connectivity index (χ0v) is 15.0. The van der Waals surface area contributed by atoms with Crippen molar-refractivity contribution in [2.24, 2.45) is 0 Å². The summed E-state index contributed by atoms with van der Waals surface area (Å²) in [6, 6.07) is 7.31. The maximum absolute atomic E-state index is 13.8. The number of rotatable bonds is 3. The van der Waals surface area contributed by atoms with Gasteiger partial charge in [-0.15, -0.1) is 0 Å². The van der Waals surface area contributed by atoms with Crippen LogP contribution in [0.1, 0.15) is 20.7 Å². The van der Waals surface area contributed by atoms with Gasteiger partial charge < -0.3 is 9.84 Å². The number of amides is 4. The van der Waals surface area contributed by atoms with E-state index in [1.807, 2.05) is 5.32 Å². The van der Waals surface area contributed by atoms with E-state index < -0.39 is 35.4 Å². The number of hydrazine groups is 1. The van der Waals surface area contributed by atoms with Gasteiger partial charge in [0.25, 0.3) is 5.91 Å². The number of nitrogens with one attached hydrogen (secondary N) is 2. The van der Waals surface area contributed by atoms with Gasteiger partial charge in [0, 0.05) is 0 Å². The van der Waals surface area contributed by atoms with E-state index >= 15 is 0 Å². The highest BCUT2D eigenvalue weighted by molar-refractivity contribution is 6.34. The van der Waals surface area contributed by atoms with E-state index in [-0.39, 0.29) is 16.3 Å². The number of carbonyl (C=O) groups excluding carboxylic acids is 3. The number of imide groups is 1. The molecule has 0 aliphatic carbocycles. The topological polar surface area (TPSA) is 125 Å². The molecule has 4 amide bonds. The molecule has 3 N–H and O–H groups in total. The second kappa shape index (κ2) is 8.82. The van der Waals surface area contributed by atoms with E-state index in [1.165, 1.54) is 43.5 Å². The second-order valence-corrected chi connectivity index (χ2v) is 5.55. The zero-order valence-electron chi connectivity index (χ0n) is 14.2. The minimum absolute atomic E-state index is 0.0278. The molecule has 0 spiro atoms. The van der Waals surface area contributed by atoms with Gasteiger partial charge >= 0.3 is 18.1 Å². The van der Waals surface area contributed by atoms with Gasteiger partial charge in [-0.1, -0.05) is 17.7 Å². The zero-order chi connectivity index (χ0) is 20.8. The number of carboxylic acid groups (broad SMARTS) is 1. The fourth-order valence-corrected chi connectivity index (χ4v) is 2.37. The SMILES string of the molecule is COC(=O)c1ccc(N(NC(=O)O)C(=O)NC(=O)c2c(F)cccc2Cl)cc1. The average molecular weight is 410 g/mol. The van der Waals surface area contributed by atoms with Crippen LogP contribution in [0.2, 0.25) is 5.02 Å². The molecule has 0 aromatic heterocycles. The summed E-state index contributed by atoms with van der Waals surface area (Å²) in [5.41, 5.74) is 1.33. The van der Waals surface area contributed by atoms with Crippen LogP contribution in [0.4, 0.5) is 19.7 Å². The number of hydrogen-bond acceptors (Lipinski definition) is 5. The molecule has 146 valence electrons. The predicted molar refractivity (Wildman–Crippen MR) is 95.7 cm³/mol. The number of methoxy groups -OCH3 is 1. The summed E-state index contributed by atoms with van der Waals surface area (Å²) < 4.78 is 18.4. The van der Waals surface area contributed by atoms with Gasteiger partial charge in [0.1, 0.15) is 5.82 Å². The van der Waals surface area contributed by atoms with Crippen LogP contribution in [-0.4, -0.2) is 36.2 Å². The Morgan fingerprint density at radius 1 is 1.11 bits per heavy atom. The maximum Gasteiger partial charge on any atom is 0.424 e. The lowest BCUT2D eigenvalue weighted by atomic mass is 10.2. The van der Waals surface area contributed by atoms with Gasteiger partial charge in [-0.2, -0.15) is 5.01 Å². The van der Waals surface area contributed by atoms with Crippen LogP contribution < -0.4 is 15.8 Å². The molecule has 11 heteroatoms. The van der Waals surface area contributed by atoms with E-state index in [2.05, 4.69) is 4.74 Å². The van der Waals surface area contributed by atoms with Crippen LogP contribution in [0.3, 0.4) is 0 Å². The third kappa shape index (κ3) is 4.74. The van der Waals surface area contributed by atoms with Crippen molar-refractivity contribution in [1.29, 1.82) is 0 Å². The van der Waals surface area contributed by atoms with Crippen LogP contribution in [0.25, 0.3) is 0 Å². The molecule has 0 heterocycles. The summed E-state index contributed by atoms with van der Waals surface area (Å²) in [6.07, 6.45) is -1.61. The third-order valence-electron chi connectivity index (χ3n) is 3.37. The van der Waals surface area contributed by atoms with E-state index in [1.54, 1.807) is 5.43 Å². The van der Waals surface area contributed by atoms with Gasteiger partial charge in [-0.3, -0.25) is 10.1 Å². The summed E-state index contributed by atoms with van der Waals surface area (Å²) in [4.78, 5) is 47.0. The van der Waals surface area contributed by atoms with Crippen molar-refractivity contribution in [2.75, 3.05) is 12.1 Å². The average Bonchev–Trinajstić information content (AvgIpc) is 2.65. The lowest BCUT2D eigenvalue weighted by molar-refractivity contribution is 0.0600. The molecule has 0 atom stereocenters. The summed E-state index contributed by atoms with van der Waals surface area (Å²) in [7, 11) is 1.18. The Balaban J connectivity index is 2.27. The highest BCUT2D eigenvalue weighted by Crippen LogP contribution is 2.19. The summed E-state index contributed by atoms with van der Waals surface area (Å²) >= 11 is 5.77. The van der Waals surface area contributed by atoms with Crippen LogP contribution in [0.5, 0.6) is 0 Å². The molecule has 0 saturated carbocycles. The lowest BCUT2D eigenvalue weighted by Gasteiger charge is -2.22. The molecule has 0 fully saturated rings. The van der Waals surface area contributed by atoms with Gasteiger partial charge in [-0.25, -0.2) is 24.2 Å². The number of urea groups is 1. The first-order valence-corrected chi connectivity index (χ1v) is 7.89. The number of anilines is 1. The lowest BCUT2D eigenvalue weighted by Crippen LogP contribution is -2.52. The van der Waals surface area contributed by atoms with Crippen molar-refractivity contribution in [3.05, 3.63) is 64.4 Å². The molecule has 0 saturated heterocycles. The van der Waals surface area contributed by atoms with Crippen LogP contribution in [0, 0.1) is 5.82 Å². The number of hydrogen-bond donors (Lipinski definition) is 3. The second-order valence-electron chi connectivity index (χ2n) is 5.15. The van der Waals surface area contributed by atoms with Crippen LogP contribution >= 0.6 is 11.6 Å². The molecule has 0 aliphatic heterocycles. The number of nitrogens with zero attached hydrogens (tertiary/aromatic N) is 1. The molecule has 28 heavy (non-hydrogen) atoms. The fourth-order valence-electron chi connectivity index (χ4n) is 2.12. The van der Waals surface area contributed by atoms with Gasteiger partial charge in [0.2, 0.25) is 0 Å². The molecule has 2 aromatic carbocycles. The van der Waals surface area contributed by atoms with Gasteiger partial charge in [0.05, 0.1) is 28.9 Å². The van der Waals surface area contributed by atoms with Crippen molar-refractivity contribution in [3.63, 3.8) is 0 Å². The fraction of sp³-hybridized carbons (Fsp3) is 0.0588. The van der Waals surface area contributed by atoms with Crippen LogP contribution in [-0.2, 0) is 4.74 Å². The minimum atomic E-state index is -1.61. The number of esters is 1. The number of halogens is 2. The van der Waals surface area contributed by atoms with E-state index in [0.29, 0.717) is 5.01 Å². The molecular weight excluding hydrogens is 397 g/mol. The van der Waals surface area contributed by atoms with Crippen molar-refractivity contribution >= 4 is 41.3 Å². The minimum Gasteiger partial charge on any atom is -0.465 e. The van der Waals surface area contributed by atoms with Crippen molar-refractivity contribution in [1.82, 2.24) is 10.7 Å². The Bertz CT molecular complexity index is 915. The van der Waals surface area contributed by atoms with E-state index in [4.69, 9.17) is 16.7 Å². The normalized spacial score (nSPS) is 9.96. The van der Waals surface area contributed by atoms with Crippen molar-refractivity contribution in [2.45, 2.75) is 0 Å². The highest BCUT2D eigenvalue weighted by Gasteiger charge is 2.24. The summed E-state index contributed by atoms with van der Waals surface area (Å²) in [5, 5.41) is 11.0. The third-order valence-corrected chi connectivity index (χ3v) is 3.68. The van der Waals surface area contributed by atoms with Gasteiger partial charge in [0.15, 0.2) is 0 Å². The number of benzene rings is 2. The van der Waals surface area contributed by atoms with Crippen molar-refractivity contribution in [3.8, 4) is 0 Å². The first-order chi connectivity index (χ1) is 13.2. The molecule has 2 rings (SSSR count). The Labute approximate surface area is 162 Å². The Morgan fingerprint density at radius 2 is 1.75 bits per heavy atom. The first kappa shape index (κ1) is 20.6. The summed E-state index contributed by atoms with van der Waals surface area (Å²) in [5.74, 6) is -2.77. The molecule has 0 radical (unpaired) electrons. The number of carbonyl (C=O) groups is 4. The molecule has 9 nitrogen and oxygen atoms in total. The summed E-state index contributed by atoms with van der Waals surface area (Å²) in [6.45, 7) is 0. The Kier molecular flexibility index (Phi) is 6.51. The van der Waals surface area contributed by atoms with Gasteiger partial charge in [-0.05, 0) is 36.4 Å². The van der Waals surface area contributed by atoms with Crippen LogP contribution in [0.15, 0.2) is 42.5 Å². The first-order valence-electron chi connectivity index (χ1n) is 7.52. The largest absolute Gasteiger partial charge is 0.465 e. The predicted octanol–water partition coefficient (Wildman–Crippen LogP) is 2.80.